The predicted molar refractivity (Wildman–Crippen MR) is 105 cm³/mol. The van der Waals surface area contributed by atoms with Crippen LogP contribution in [-0.2, 0) is 26.4 Å². The lowest BCUT2D eigenvalue weighted by atomic mass is 9.91. The van der Waals surface area contributed by atoms with Gasteiger partial charge in [0.05, 0.1) is 20.0 Å². The first-order valence-corrected chi connectivity index (χ1v) is 9.02. The molecule has 1 unspecified atom stereocenters. The van der Waals surface area contributed by atoms with Crippen LogP contribution in [0.25, 0.3) is 0 Å². The molecule has 7 nitrogen and oxygen atoms in total. The topological polar surface area (TPSA) is 80.2 Å². The molecule has 28 heavy (non-hydrogen) atoms. The van der Waals surface area contributed by atoms with Crippen molar-refractivity contribution in [3.8, 4) is 0 Å². The lowest BCUT2D eigenvalue weighted by Crippen LogP contribution is -2.42. The second-order valence-corrected chi connectivity index (χ2v) is 6.42. The summed E-state index contributed by atoms with van der Waals surface area (Å²) in [5.41, 5.74) is 0.620. The van der Waals surface area contributed by atoms with Crippen LogP contribution in [-0.4, -0.2) is 50.0 Å². The summed E-state index contributed by atoms with van der Waals surface area (Å²) in [6, 6.07) is 18.8. The van der Waals surface area contributed by atoms with E-state index < -0.39 is 17.6 Å². The molecule has 2 aromatic rings. The molecule has 0 bridgehead atoms. The van der Waals surface area contributed by atoms with Crippen molar-refractivity contribution in [1.29, 1.82) is 0 Å². The second kappa shape index (κ2) is 9.03. The Labute approximate surface area is 164 Å². The maximum absolute atomic E-state index is 12.4. The fourth-order valence-electron chi connectivity index (χ4n) is 3.05. The van der Waals surface area contributed by atoms with Crippen molar-refractivity contribution in [1.82, 2.24) is 10.2 Å². The molecule has 0 saturated carbocycles. The summed E-state index contributed by atoms with van der Waals surface area (Å²) < 4.78 is 10.2. The van der Waals surface area contributed by atoms with Gasteiger partial charge in [0.2, 0.25) is 5.54 Å². The molecule has 7 heteroatoms. The molecule has 3 rings (SSSR count). The monoisotopic (exact) mass is 381 g/mol. The standard InChI is InChI=1S/C21H23N3O4/c1-27-19(25)21(18-10-6-3-7-11-18)15-24(16-23-21)13-12-22-20(26)28-14-17-8-4-2-5-9-17/h2-11,16H,12-15H2,1H3,(H,22,26). The van der Waals surface area contributed by atoms with Gasteiger partial charge in [0.1, 0.15) is 6.61 Å². The zero-order valence-electron chi connectivity index (χ0n) is 15.7. The Morgan fingerprint density at radius 2 is 1.79 bits per heavy atom. The average Bonchev–Trinajstić information content (AvgIpc) is 3.18. The fraction of sp³-hybridized carbons (Fsp3) is 0.286. The van der Waals surface area contributed by atoms with E-state index in [4.69, 9.17) is 9.47 Å². The van der Waals surface area contributed by atoms with Crippen molar-refractivity contribution in [3.05, 3.63) is 71.8 Å². The molecule has 0 saturated heterocycles. The Balaban J connectivity index is 1.49. The number of amides is 1. The van der Waals surface area contributed by atoms with Crippen molar-refractivity contribution in [2.24, 2.45) is 4.99 Å². The Morgan fingerprint density at radius 3 is 2.46 bits per heavy atom. The van der Waals surface area contributed by atoms with Crippen LogP contribution in [0, 0.1) is 0 Å². The minimum absolute atomic E-state index is 0.220. The number of aliphatic imine (C=N–C) groups is 1. The number of hydrogen-bond acceptors (Lipinski definition) is 6. The molecule has 0 aliphatic carbocycles. The van der Waals surface area contributed by atoms with Crippen LogP contribution >= 0.6 is 0 Å². The molecule has 1 heterocycles. The van der Waals surface area contributed by atoms with Gasteiger partial charge >= 0.3 is 12.1 Å². The fourth-order valence-corrected chi connectivity index (χ4v) is 3.05. The minimum Gasteiger partial charge on any atom is -0.467 e. The van der Waals surface area contributed by atoms with E-state index in [1.165, 1.54) is 7.11 Å². The number of ether oxygens (including phenoxy) is 2. The average molecular weight is 381 g/mol. The summed E-state index contributed by atoms with van der Waals surface area (Å²) in [5.74, 6) is -0.410. The van der Waals surface area contributed by atoms with Gasteiger partial charge in [-0.1, -0.05) is 60.7 Å². The van der Waals surface area contributed by atoms with Gasteiger partial charge in [-0.2, -0.15) is 0 Å². The Bertz CT molecular complexity index is 826. The number of carbonyl (C=O) groups is 2. The maximum Gasteiger partial charge on any atom is 0.407 e. The number of rotatable bonds is 7. The van der Waals surface area contributed by atoms with Crippen LogP contribution in [0.1, 0.15) is 11.1 Å². The van der Waals surface area contributed by atoms with E-state index in [0.29, 0.717) is 19.6 Å². The summed E-state index contributed by atoms with van der Waals surface area (Å²) in [6.07, 6.45) is 1.14. The SMILES string of the molecule is COC(=O)C1(c2ccccc2)CN(CCNC(=O)OCc2ccccc2)C=N1. The number of methoxy groups -OCH3 is 1. The van der Waals surface area contributed by atoms with Crippen LogP contribution < -0.4 is 5.32 Å². The largest absolute Gasteiger partial charge is 0.467 e. The van der Waals surface area contributed by atoms with Crippen molar-refractivity contribution >= 4 is 18.4 Å². The summed E-state index contributed by atoms with van der Waals surface area (Å²) in [7, 11) is 1.36. The summed E-state index contributed by atoms with van der Waals surface area (Å²) in [4.78, 5) is 30.6. The maximum atomic E-state index is 12.4. The molecule has 1 aliphatic heterocycles. The smallest absolute Gasteiger partial charge is 0.407 e. The summed E-state index contributed by atoms with van der Waals surface area (Å²) >= 11 is 0. The molecule has 146 valence electrons. The summed E-state index contributed by atoms with van der Waals surface area (Å²) in [5, 5.41) is 2.71. The number of hydrogen-bond donors (Lipinski definition) is 1. The van der Waals surface area contributed by atoms with Crippen LogP contribution in [0.15, 0.2) is 65.7 Å². The molecule has 2 aromatic carbocycles. The Morgan fingerprint density at radius 1 is 1.11 bits per heavy atom. The van der Waals surface area contributed by atoms with E-state index >= 15 is 0 Å². The second-order valence-electron chi connectivity index (χ2n) is 6.42. The lowest BCUT2D eigenvalue weighted by Gasteiger charge is -2.26. The van der Waals surface area contributed by atoms with Gasteiger partial charge in [-0.25, -0.2) is 9.59 Å². The van der Waals surface area contributed by atoms with Gasteiger partial charge in [-0.05, 0) is 11.1 Å². The van der Waals surface area contributed by atoms with Gasteiger partial charge in [0, 0.05) is 13.1 Å². The van der Waals surface area contributed by atoms with Crippen molar-refractivity contribution in [2.45, 2.75) is 12.1 Å². The van der Waals surface area contributed by atoms with E-state index in [1.807, 2.05) is 65.6 Å². The highest BCUT2D eigenvalue weighted by Crippen LogP contribution is 2.31. The number of nitrogens with one attached hydrogen (secondary N) is 1. The molecule has 1 amide bonds. The van der Waals surface area contributed by atoms with E-state index in [1.54, 1.807) is 6.34 Å². The van der Waals surface area contributed by atoms with Gasteiger partial charge in [0.25, 0.3) is 0 Å². The molecule has 0 fully saturated rings. The molecule has 1 aliphatic rings. The number of benzene rings is 2. The first-order chi connectivity index (χ1) is 13.6. The van der Waals surface area contributed by atoms with E-state index in [2.05, 4.69) is 10.3 Å². The predicted octanol–water partition coefficient (Wildman–Crippen LogP) is 2.33. The number of alkyl carbamates (subject to hydrolysis) is 1. The number of nitrogens with zero attached hydrogens (tertiary/aromatic N) is 2. The Kier molecular flexibility index (Phi) is 6.26. The molecular weight excluding hydrogens is 358 g/mol. The quantitative estimate of drug-likeness (QED) is 0.745. The molecule has 0 spiro atoms. The highest BCUT2D eigenvalue weighted by atomic mass is 16.5. The zero-order valence-corrected chi connectivity index (χ0v) is 15.7. The van der Waals surface area contributed by atoms with Gasteiger partial charge in [0.15, 0.2) is 0 Å². The van der Waals surface area contributed by atoms with Crippen molar-refractivity contribution in [2.75, 3.05) is 26.7 Å². The van der Waals surface area contributed by atoms with E-state index in [0.717, 1.165) is 11.1 Å². The highest BCUT2D eigenvalue weighted by Gasteiger charge is 2.45. The summed E-state index contributed by atoms with van der Waals surface area (Å²) in [6.45, 7) is 1.43. The first kappa shape index (κ1) is 19.4. The highest BCUT2D eigenvalue weighted by molar-refractivity contribution is 5.87. The van der Waals surface area contributed by atoms with Gasteiger partial charge in [-0.15, -0.1) is 0 Å². The van der Waals surface area contributed by atoms with Gasteiger partial charge < -0.3 is 19.7 Å². The third-order valence-corrected chi connectivity index (χ3v) is 4.53. The van der Waals surface area contributed by atoms with Gasteiger partial charge in [-0.3, -0.25) is 4.99 Å². The van der Waals surface area contributed by atoms with Crippen molar-refractivity contribution in [3.63, 3.8) is 0 Å². The Hall–Kier alpha value is -3.35. The van der Waals surface area contributed by atoms with Crippen LogP contribution in [0.2, 0.25) is 0 Å². The van der Waals surface area contributed by atoms with Crippen LogP contribution in [0.5, 0.6) is 0 Å². The number of carbonyl (C=O) groups excluding carboxylic acids is 2. The normalized spacial score (nSPS) is 18.0. The molecule has 1 N–H and O–H groups in total. The third-order valence-electron chi connectivity index (χ3n) is 4.53. The van der Waals surface area contributed by atoms with Crippen molar-refractivity contribution < 1.29 is 19.1 Å². The molecular formula is C21H23N3O4. The number of esters is 1. The zero-order chi connectivity index (χ0) is 19.8. The van der Waals surface area contributed by atoms with Crippen LogP contribution in [0.4, 0.5) is 4.79 Å². The molecule has 0 radical (unpaired) electrons. The van der Waals surface area contributed by atoms with Crippen LogP contribution in [0.3, 0.4) is 0 Å². The van der Waals surface area contributed by atoms with E-state index in [9.17, 15) is 9.59 Å². The third kappa shape index (κ3) is 4.49. The molecule has 1 atom stereocenters. The van der Waals surface area contributed by atoms with E-state index in [-0.39, 0.29) is 6.61 Å². The lowest BCUT2D eigenvalue weighted by molar-refractivity contribution is -0.147. The molecule has 0 aromatic heterocycles. The minimum atomic E-state index is -1.08. The first-order valence-electron chi connectivity index (χ1n) is 9.02.